The molecular weight excluding hydrogens is 471 g/mol. The average Bonchev–Trinajstić information content (AvgIpc) is 3.03. The number of phenolic OH excluding ortho intramolecular Hbond substituents is 1. The van der Waals surface area contributed by atoms with E-state index in [0.717, 1.165) is 38.8 Å². The number of nitrogens with zero attached hydrogens (tertiary/aromatic N) is 1. The smallest absolute Gasteiger partial charge is 0.453 e. The molecule has 0 bridgehead atoms. The Morgan fingerprint density at radius 1 is 1.09 bits per heavy atom. The van der Waals surface area contributed by atoms with E-state index < -0.39 is 23.1 Å². The summed E-state index contributed by atoms with van der Waals surface area (Å²) >= 11 is 6.14. The van der Waals surface area contributed by atoms with E-state index in [4.69, 9.17) is 20.8 Å². The first-order chi connectivity index (χ1) is 16.1. The molecule has 4 rings (SSSR count). The molecule has 0 amide bonds. The molecule has 5 nitrogen and oxygen atoms in total. The van der Waals surface area contributed by atoms with Crippen molar-refractivity contribution in [2.75, 3.05) is 13.1 Å². The second-order valence-electron chi connectivity index (χ2n) is 8.69. The van der Waals surface area contributed by atoms with Crippen LogP contribution in [0.1, 0.15) is 48.1 Å². The van der Waals surface area contributed by atoms with Gasteiger partial charge in [-0.05, 0) is 75.2 Å². The summed E-state index contributed by atoms with van der Waals surface area (Å²) in [6.07, 6.45) is -0.918. The highest BCUT2D eigenvalue weighted by molar-refractivity contribution is 6.32. The first-order valence-electron chi connectivity index (χ1n) is 11.1. The van der Waals surface area contributed by atoms with Gasteiger partial charge in [0.15, 0.2) is 0 Å². The lowest BCUT2D eigenvalue weighted by Crippen LogP contribution is -2.24. The van der Waals surface area contributed by atoms with Gasteiger partial charge in [-0.2, -0.15) is 13.2 Å². The largest absolute Gasteiger partial charge is 0.507 e. The summed E-state index contributed by atoms with van der Waals surface area (Å²) in [7, 11) is 0. The molecule has 1 aliphatic heterocycles. The van der Waals surface area contributed by atoms with E-state index in [2.05, 4.69) is 4.90 Å². The van der Waals surface area contributed by atoms with Gasteiger partial charge in [0.1, 0.15) is 17.1 Å². The quantitative estimate of drug-likeness (QED) is 0.424. The molecule has 34 heavy (non-hydrogen) atoms. The standard InChI is InChI=1S/C25H25ClF3NO4/c1-14-11-16(12-15(2)20(14)26)33-23-21(32)17-7-8-19(31)18(13-30-9-5-3-4-6-10-30)22(17)34-24(23)25(27,28)29/h7-8,11-12,31H,3-6,9-10,13H2,1-2H3. The van der Waals surface area contributed by atoms with Gasteiger partial charge in [-0.15, -0.1) is 0 Å². The van der Waals surface area contributed by atoms with Crippen LogP contribution in [-0.4, -0.2) is 23.1 Å². The van der Waals surface area contributed by atoms with Crippen molar-refractivity contribution in [2.24, 2.45) is 0 Å². The zero-order chi connectivity index (χ0) is 24.6. The molecule has 1 N–H and O–H groups in total. The van der Waals surface area contributed by atoms with Crippen molar-refractivity contribution in [1.29, 1.82) is 0 Å². The van der Waals surface area contributed by atoms with Crippen molar-refractivity contribution in [3.05, 3.63) is 62.0 Å². The van der Waals surface area contributed by atoms with Gasteiger partial charge < -0.3 is 14.3 Å². The topological polar surface area (TPSA) is 62.9 Å². The van der Waals surface area contributed by atoms with E-state index in [1.807, 2.05) is 0 Å². The predicted molar refractivity (Wildman–Crippen MR) is 124 cm³/mol. The Morgan fingerprint density at radius 2 is 1.71 bits per heavy atom. The number of alkyl halides is 3. The fourth-order valence-electron chi connectivity index (χ4n) is 4.32. The molecule has 9 heteroatoms. The predicted octanol–water partition coefficient (Wildman–Crippen LogP) is 6.96. The second kappa shape index (κ2) is 9.50. The Bertz CT molecular complexity index is 1250. The van der Waals surface area contributed by atoms with Crippen LogP contribution in [0, 0.1) is 13.8 Å². The van der Waals surface area contributed by atoms with E-state index in [0.29, 0.717) is 16.1 Å². The summed E-state index contributed by atoms with van der Waals surface area (Å²) in [5.74, 6) is -2.67. The number of aromatic hydroxyl groups is 1. The molecule has 1 fully saturated rings. The van der Waals surface area contributed by atoms with Crippen LogP contribution in [0.2, 0.25) is 5.02 Å². The number of rotatable bonds is 4. The van der Waals surface area contributed by atoms with Crippen LogP contribution in [0.25, 0.3) is 11.0 Å². The molecule has 0 radical (unpaired) electrons. The summed E-state index contributed by atoms with van der Waals surface area (Å²) in [5, 5.41) is 10.8. The van der Waals surface area contributed by atoms with Gasteiger partial charge in [0.25, 0.3) is 5.76 Å². The molecule has 1 aliphatic rings. The van der Waals surface area contributed by atoms with Crippen molar-refractivity contribution >= 4 is 22.6 Å². The highest BCUT2D eigenvalue weighted by Gasteiger charge is 2.41. The van der Waals surface area contributed by atoms with Crippen LogP contribution in [0.5, 0.6) is 17.2 Å². The van der Waals surface area contributed by atoms with E-state index in [9.17, 15) is 23.1 Å². The summed E-state index contributed by atoms with van der Waals surface area (Å²) in [6.45, 7) is 5.06. The maximum Gasteiger partial charge on any atom is 0.453 e. The second-order valence-corrected chi connectivity index (χ2v) is 9.07. The van der Waals surface area contributed by atoms with Crippen molar-refractivity contribution < 1.29 is 27.4 Å². The zero-order valence-corrected chi connectivity index (χ0v) is 19.6. The number of aryl methyl sites for hydroxylation is 2. The third-order valence-electron chi connectivity index (χ3n) is 6.06. The minimum absolute atomic E-state index is 0.0418. The SMILES string of the molecule is Cc1cc(Oc2c(C(F)(F)F)oc3c(CN4CCCCCC4)c(O)ccc3c2=O)cc(C)c1Cl. The van der Waals surface area contributed by atoms with E-state index in [1.54, 1.807) is 13.8 Å². The molecule has 0 spiro atoms. The number of hydrogen-bond acceptors (Lipinski definition) is 5. The van der Waals surface area contributed by atoms with Gasteiger partial charge >= 0.3 is 6.18 Å². The maximum atomic E-state index is 14.0. The minimum Gasteiger partial charge on any atom is -0.507 e. The lowest BCUT2D eigenvalue weighted by molar-refractivity contribution is -0.154. The van der Waals surface area contributed by atoms with Gasteiger partial charge in [-0.3, -0.25) is 9.69 Å². The molecule has 1 aromatic heterocycles. The van der Waals surface area contributed by atoms with Crippen molar-refractivity contribution in [1.82, 2.24) is 4.90 Å². The Hall–Kier alpha value is -2.71. The summed E-state index contributed by atoms with van der Waals surface area (Å²) in [6, 6.07) is 5.48. The van der Waals surface area contributed by atoms with Crippen molar-refractivity contribution in [2.45, 2.75) is 52.3 Å². The van der Waals surface area contributed by atoms with Gasteiger partial charge in [-0.25, -0.2) is 0 Å². The van der Waals surface area contributed by atoms with E-state index in [1.165, 1.54) is 24.3 Å². The normalized spacial score (nSPS) is 15.5. The number of ether oxygens (including phenoxy) is 1. The van der Waals surface area contributed by atoms with Crippen LogP contribution in [0.4, 0.5) is 13.2 Å². The third kappa shape index (κ3) is 4.88. The molecule has 0 aliphatic carbocycles. The molecule has 0 unspecified atom stereocenters. The maximum absolute atomic E-state index is 14.0. The lowest BCUT2D eigenvalue weighted by Gasteiger charge is -2.21. The fourth-order valence-corrected chi connectivity index (χ4v) is 4.43. The molecule has 2 aromatic carbocycles. The molecule has 3 aromatic rings. The van der Waals surface area contributed by atoms with Gasteiger partial charge in [0.05, 0.1) is 10.9 Å². The van der Waals surface area contributed by atoms with Crippen LogP contribution >= 0.6 is 11.6 Å². The van der Waals surface area contributed by atoms with Gasteiger partial charge in [0, 0.05) is 11.6 Å². The summed E-state index contributed by atoms with van der Waals surface area (Å²) < 4.78 is 52.8. The Morgan fingerprint density at radius 3 is 2.29 bits per heavy atom. The number of halogens is 4. The number of phenols is 1. The van der Waals surface area contributed by atoms with E-state index in [-0.39, 0.29) is 34.6 Å². The third-order valence-corrected chi connectivity index (χ3v) is 6.66. The summed E-state index contributed by atoms with van der Waals surface area (Å²) in [5.41, 5.74) is 0.111. The summed E-state index contributed by atoms with van der Waals surface area (Å²) in [4.78, 5) is 15.3. The fraction of sp³-hybridized carbons (Fsp3) is 0.400. The number of benzene rings is 2. The molecular formula is C25H25ClF3NO4. The molecule has 182 valence electrons. The molecule has 2 heterocycles. The molecule has 1 saturated heterocycles. The van der Waals surface area contributed by atoms with Gasteiger partial charge in [-0.1, -0.05) is 24.4 Å². The number of hydrogen-bond donors (Lipinski definition) is 1. The zero-order valence-electron chi connectivity index (χ0n) is 18.9. The van der Waals surface area contributed by atoms with Crippen LogP contribution in [0.15, 0.2) is 33.5 Å². The first-order valence-corrected chi connectivity index (χ1v) is 11.5. The highest BCUT2D eigenvalue weighted by Crippen LogP contribution is 2.40. The highest BCUT2D eigenvalue weighted by atomic mass is 35.5. The monoisotopic (exact) mass is 495 g/mol. The Kier molecular flexibility index (Phi) is 6.82. The van der Waals surface area contributed by atoms with Crippen LogP contribution < -0.4 is 10.2 Å². The number of likely N-dealkylation sites (tertiary alicyclic amines) is 1. The first kappa shape index (κ1) is 24.4. The number of fused-ring (bicyclic) bond motifs is 1. The van der Waals surface area contributed by atoms with E-state index >= 15 is 0 Å². The van der Waals surface area contributed by atoms with Crippen LogP contribution in [0.3, 0.4) is 0 Å². The Labute approximate surface area is 199 Å². The van der Waals surface area contributed by atoms with Crippen LogP contribution in [-0.2, 0) is 12.7 Å². The minimum atomic E-state index is -5.00. The lowest BCUT2D eigenvalue weighted by atomic mass is 10.1. The average molecular weight is 496 g/mol. The van der Waals surface area contributed by atoms with Crippen molar-refractivity contribution in [3.8, 4) is 17.2 Å². The molecule has 0 atom stereocenters. The Balaban J connectivity index is 1.87. The molecule has 0 saturated carbocycles. The van der Waals surface area contributed by atoms with Crippen molar-refractivity contribution in [3.63, 3.8) is 0 Å². The van der Waals surface area contributed by atoms with Gasteiger partial charge in [0.2, 0.25) is 11.2 Å².